The molecule has 9 heteroatoms. The number of rotatable bonds is 5. The Labute approximate surface area is 211 Å². The second-order valence-corrected chi connectivity index (χ2v) is 9.50. The first-order valence-corrected chi connectivity index (χ1v) is 12.2. The number of hydrogen-bond acceptors (Lipinski definition) is 8. The van der Waals surface area contributed by atoms with E-state index in [4.69, 9.17) is 9.72 Å². The molecule has 0 bridgehead atoms. The van der Waals surface area contributed by atoms with Crippen molar-refractivity contribution in [2.75, 3.05) is 11.5 Å². The van der Waals surface area contributed by atoms with Crippen LogP contribution in [0.5, 0.6) is 11.5 Å². The molecule has 8 nitrogen and oxygen atoms in total. The minimum atomic E-state index is -0.986. The van der Waals surface area contributed by atoms with Gasteiger partial charge in [-0.1, -0.05) is 23.5 Å². The van der Waals surface area contributed by atoms with Crippen molar-refractivity contribution in [1.29, 1.82) is 0 Å². The summed E-state index contributed by atoms with van der Waals surface area (Å²) >= 11 is 1.30. The zero-order valence-electron chi connectivity index (χ0n) is 19.8. The van der Waals surface area contributed by atoms with E-state index in [2.05, 4.69) is 4.98 Å². The van der Waals surface area contributed by atoms with Gasteiger partial charge in [0, 0.05) is 18.0 Å². The van der Waals surface area contributed by atoms with Crippen LogP contribution in [0, 0.1) is 13.8 Å². The second kappa shape index (κ2) is 9.09. The maximum Gasteiger partial charge on any atom is 0.301 e. The maximum absolute atomic E-state index is 13.4. The van der Waals surface area contributed by atoms with Crippen molar-refractivity contribution in [2.45, 2.75) is 26.8 Å². The largest absolute Gasteiger partial charge is 0.507 e. The summed E-state index contributed by atoms with van der Waals surface area (Å²) in [5, 5.41) is 21.8. The Kier molecular flexibility index (Phi) is 5.93. The molecule has 2 aromatic heterocycles. The maximum atomic E-state index is 13.4. The Morgan fingerprint density at radius 3 is 2.58 bits per heavy atom. The number of ketones is 1. The van der Waals surface area contributed by atoms with Crippen LogP contribution in [-0.4, -0.2) is 38.5 Å². The van der Waals surface area contributed by atoms with Gasteiger partial charge in [-0.2, -0.15) is 0 Å². The lowest BCUT2D eigenvalue weighted by Crippen LogP contribution is -2.29. The number of phenols is 1. The van der Waals surface area contributed by atoms with E-state index in [1.807, 2.05) is 26.0 Å². The summed E-state index contributed by atoms with van der Waals surface area (Å²) in [6.45, 7) is 6.03. The van der Waals surface area contributed by atoms with Gasteiger partial charge in [0.2, 0.25) is 0 Å². The standard InChI is InChI=1S/C27H23N3O5S/c1-4-35-19-13-17(5-6-18(19)31)23-21(24(32)16-7-9-28-10-8-16)25(33)26(34)30(23)27-29-22-15(3)11-14(2)12-20(22)36-27/h5-13,23,31-32H,4H2,1-3H3. The molecule has 0 saturated carbocycles. The Balaban J connectivity index is 1.76. The van der Waals surface area contributed by atoms with E-state index in [0.717, 1.165) is 21.3 Å². The molecule has 0 aliphatic carbocycles. The van der Waals surface area contributed by atoms with Crippen molar-refractivity contribution in [3.8, 4) is 11.5 Å². The molecule has 3 heterocycles. The highest BCUT2D eigenvalue weighted by Gasteiger charge is 2.48. The number of aromatic nitrogens is 2. The number of thiazole rings is 1. The van der Waals surface area contributed by atoms with E-state index in [1.54, 1.807) is 31.2 Å². The van der Waals surface area contributed by atoms with Gasteiger partial charge < -0.3 is 14.9 Å². The molecule has 36 heavy (non-hydrogen) atoms. The van der Waals surface area contributed by atoms with Crippen LogP contribution in [0.4, 0.5) is 5.13 Å². The van der Waals surface area contributed by atoms with E-state index in [9.17, 15) is 19.8 Å². The van der Waals surface area contributed by atoms with Gasteiger partial charge in [-0.3, -0.25) is 19.5 Å². The van der Waals surface area contributed by atoms with Gasteiger partial charge in [0.05, 0.1) is 28.4 Å². The Morgan fingerprint density at radius 2 is 1.86 bits per heavy atom. The fraction of sp³-hybridized carbons (Fsp3) is 0.185. The number of aryl methyl sites for hydroxylation is 2. The molecule has 1 aliphatic heterocycles. The Bertz CT molecular complexity index is 1540. The zero-order valence-corrected chi connectivity index (χ0v) is 20.7. The van der Waals surface area contributed by atoms with Crippen LogP contribution in [0.1, 0.15) is 35.2 Å². The number of ether oxygens (including phenoxy) is 1. The first-order valence-electron chi connectivity index (χ1n) is 11.3. The smallest absolute Gasteiger partial charge is 0.301 e. The molecule has 2 aromatic carbocycles. The number of aromatic hydroxyl groups is 1. The summed E-state index contributed by atoms with van der Waals surface area (Å²) in [5.41, 5.74) is 3.53. The van der Waals surface area contributed by atoms with Crippen LogP contribution in [0.15, 0.2) is 60.4 Å². The molecule has 1 saturated heterocycles. The highest BCUT2D eigenvalue weighted by molar-refractivity contribution is 7.22. The normalized spacial score (nSPS) is 17.2. The number of benzene rings is 2. The van der Waals surface area contributed by atoms with Gasteiger partial charge in [0.1, 0.15) is 5.76 Å². The molecule has 1 atom stereocenters. The third kappa shape index (κ3) is 3.87. The molecule has 1 fully saturated rings. The van der Waals surface area contributed by atoms with Crippen LogP contribution in [0.2, 0.25) is 0 Å². The molecule has 1 amide bonds. The average molecular weight is 502 g/mol. The number of aliphatic hydroxyl groups is 1. The minimum absolute atomic E-state index is 0.0715. The minimum Gasteiger partial charge on any atom is -0.507 e. The average Bonchev–Trinajstić information content (AvgIpc) is 3.39. The number of nitrogens with zero attached hydrogens (tertiary/aromatic N) is 3. The van der Waals surface area contributed by atoms with E-state index in [0.29, 0.717) is 22.9 Å². The molecular formula is C27H23N3O5S. The fourth-order valence-corrected chi connectivity index (χ4v) is 5.61. The first-order chi connectivity index (χ1) is 17.3. The third-order valence-electron chi connectivity index (χ3n) is 6.02. The highest BCUT2D eigenvalue weighted by atomic mass is 32.1. The second-order valence-electron chi connectivity index (χ2n) is 8.49. The topological polar surface area (TPSA) is 113 Å². The van der Waals surface area contributed by atoms with Crippen LogP contribution in [0.3, 0.4) is 0 Å². The lowest BCUT2D eigenvalue weighted by Gasteiger charge is -2.23. The lowest BCUT2D eigenvalue weighted by molar-refractivity contribution is -0.132. The van der Waals surface area contributed by atoms with Crippen molar-refractivity contribution in [2.24, 2.45) is 0 Å². The number of phenolic OH excluding ortho intramolecular Hbond substituents is 1. The van der Waals surface area contributed by atoms with Crippen molar-refractivity contribution in [3.63, 3.8) is 0 Å². The Morgan fingerprint density at radius 1 is 1.11 bits per heavy atom. The van der Waals surface area contributed by atoms with E-state index < -0.39 is 17.7 Å². The van der Waals surface area contributed by atoms with Crippen LogP contribution >= 0.6 is 11.3 Å². The van der Waals surface area contributed by atoms with Gasteiger partial charge >= 0.3 is 5.91 Å². The van der Waals surface area contributed by atoms with Crippen molar-refractivity contribution < 1.29 is 24.5 Å². The van der Waals surface area contributed by atoms with Crippen molar-refractivity contribution in [1.82, 2.24) is 9.97 Å². The summed E-state index contributed by atoms with van der Waals surface area (Å²) in [6.07, 6.45) is 2.99. The lowest BCUT2D eigenvalue weighted by atomic mass is 9.95. The molecule has 0 spiro atoms. The van der Waals surface area contributed by atoms with Gasteiger partial charge in [-0.15, -0.1) is 0 Å². The number of pyridine rings is 1. The molecular weight excluding hydrogens is 478 g/mol. The molecule has 2 N–H and O–H groups in total. The molecule has 182 valence electrons. The predicted molar refractivity (Wildman–Crippen MR) is 137 cm³/mol. The first kappa shape index (κ1) is 23.5. The number of carbonyl (C=O) groups excluding carboxylic acids is 2. The summed E-state index contributed by atoms with van der Waals surface area (Å²) in [4.78, 5) is 36.8. The summed E-state index contributed by atoms with van der Waals surface area (Å²) in [6, 6.07) is 10.8. The summed E-state index contributed by atoms with van der Waals surface area (Å²) < 4.78 is 6.44. The quantitative estimate of drug-likeness (QED) is 0.224. The molecule has 4 aromatic rings. The summed E-state index contributed by atoms with van der Waals surface area (Å²) in [5.74, 6) is -1.80. The number of hydrogen-bond donors (Lipinski definition) is 2. The van der Waals surface area contributed by atoms with Crippen LogP contribution in [0.25, 0.3) is 16.0 Å². The number of amides is 1. The number of aliphatic hydroxyl groups excluding tert-OH is 1. The van der Waals surface area contributed by atoms with Crippen LogP contribution < -0.4 is 9.64 Å². The number of Topliss-reactive ketones (excluding diaryl/α,β-unsaturated/α-hetero) is 1. The Hall–Kier alpha value is -4.24. The zero-order chi connectivity index (χ0) is 25.6. The molecule has 1 unspecified atom stereocenters. The monoisotopic (exact) mass is 501 g/mol. The van der Waals surface area contributed by atoms with Gasteiger partial charge in [-0.25, -0.2) is 4.98 Å². The SMILES string of the molecule is CCOc1cc(C2C(=C(O)c3ccncc3)C(=O)C(=O)N2c2nc3c(C)cc(C)cc3s2)ccc1O. The summed E-state index contributed by atoms with van der Waals surface area (Å²) in [7, 11) is 0. The van der Waals surface area contributed by atoms with Crippen molar-refractivity contribution >= 4 is 44.1 Å². The highest BCUT2D eigenvalue weighted by Crippen LogP contribution is 2.46. The number of fused-ring (bicyclic) bond motifs is 1. The third-order valence-corrected chi connectivity index (χ3v) is 7.02. The van der Waals surface area contributed by atoms with E-state index in [1.165, 1.54) is 34.7 Å². The fourth-order valence-electron chi connectivity index (χ4n) is 4.44. The van der Waals surface area contributed by atoms with E-state index in [-0.39, 0.29) is 22.8 Å². The van der Waals surface area contributed by atoms with Gasteiger partial charge in [-0.05, 0) is 67.8 Å². The number of carbonyl (C=O) groups is 2. The van der Waals surface area contributed by atoms with Crippen LogP contribution in [-0.2, 0) is 9.59 Å². The van der Waals surface area contributed by atoms with Crippen molar-refractivity contribution in [3.05, 3.63) is 82.7 Å². The van der Waals surface area contributed by atoms with Gasteiger partial charge in [0.15, 0.2) is 16.6 Å². The molecule has 0 radical (unpaired) electrons. The molecule has 5 rings (SSSR count). The predicted octanol–water partition coefficient (Wildman–Crippen LogP) is 5.04. The number of anilines is 1. The molecule has 1 aliphatic rings. The van der Waals surface area contributed by atoms with Gasteiger partial charge in [0.25, 0.3) is 5.78 Å². The van der Waals surface area contributed by atoms with E-state index >= 15 is 0 Å².